The molecule has 1 amide bonds. The smallest absolute Gasteiger partial charge is 0.253 e. The minimum Gasteiger partial charge on any atom is -0.338 e. The number of nitrogens with zero attached hydrogens (tertiary/aromatic N) is 1. The van der Waals surface area contributed by atoms with Gasteiger partial charge in [-0.3, -0.25) is 4.79 Å². The molecule has 2 unspecified atom stereocenters. The van der Waals surface area contributed by atoms with Gasteiger partial charge in [0.2, 0.25) is 0 Å². The van der Waals surface area contributed by atoms with Crippen molar-refractivity contribution in [1.82, 2.24) is 4.90 Å². The molecule has 100 valence electrons. The van der Waals surface area contributed by atoms with E-state index in [1.54, 1.807) is 0 Å². The van der Waals surface area contributed by atoms with Crippen molar-refractivity contribution in [3.63, 3.8) is 0 Å². The Hall–Kier alpha value is -0.580. The molecule has 0 saturated carbocycles. The first kappa shape index (κ1) is 15.5. The molecular formula is C13H18BrClN2O. The number of nitrogens with two attached hydrogens (primary N) is 1. The molecule has 1 aliphatic rings. The van der Waals surface area contributed by atoms with E-state index < -0.39 is 0 Å². The summed E-state index contributed by atoms with van der Waals surface area (Å²) in [5, 5.41) is 0. The highest BCUT2D eigenvalue weighted by molar-refractivity contribution is 9.10. The lowest BCUT2D eigenvalue weighted by Gasteiger charge is -2.18. The third kappa shape index (κ3) is 3.46. The highest BCUT2D eigenvalue weighted by Gasteiger charge is 2.28. The standard InChI is InChI=1S/C13H17BrN2O.ClH/c1-9(15)11-6-7-16(8-11)13(17)10-2-4-12(14)5-3-10;/h2-5,9,11H,6-8,15H2,1H3;1H. The molecule has 0 radical (unpaired) electrons. The molecule has 1 saturated heterocycles. The Bertz CT molecular complexity index is 408. The molecule has 1 aromatic rings. The number of carbonyl (C=O) groups is 1. The first-order chi connectivity index (χ1) is 8.08. The van der Waals surface area contributed by atoms with Crippen LogP contribution in [0, 0.1) is 5.92 Å². The summed E-state index contributed by atoms with van der Waals surface area (Å²) in [6, 6.07) is 7.66. The molecule has 2 atom stereocenters. The van der Waals surface area contributed by atoms with Gasteiger partial charge in [-0.25, -0.2) is 0 Å². The van der Waals surface area contributed by atoms with Crippen LogP contribution in [0.1, 0.15) is 23.7 Å². The van der Waals surface area contributed by atoms with Crippen LogP contribution in [0.25, 0.3) is 0 Å². The number of carbonyl (C=O) groups excluding carboxylic acids is 1. The summed E-state index contributed by atoms with van der Waals surface area (Å²) in [5.74, 6) is 0.551. The molecule has 0 spiro atoms. The molecule has 3 nitrogen and oxygen atoms in total. The first-order valence-electron chi connectivity index (χ1n) is 5.88. The van der Waals surface area contributed by atoms with E-state index in [1.165, 1.54) is 0 Å². The molecule has 18 heavy (non-hydrogen) atoms. The quantitative estimate of drug-likeness (QED) is 0.904. The van der Waals surface area contributed by atoms with Gasteiger partial charge in [-0.05, 0) is 43.5 Å². The van der Waals surface area contributed by atoms with Crippen molar-refractivity contribution < 1.29 is 4.79 Å². The molecule has 1 aromatic carbocycles. The van der Waals surface area contributed by atoms with E-state index in [9.17, 15) is 4.79 Å². The predicted octanol–water partition coefficient (Wildman–Crippen LogP) is 2.68. The van der Waals surface area contributed by atoms with Crippen LogP contribution in [0.15, 0.2) is 28.7 Å². The van der Waals surface area contributed by atoms with Crippen molar-refractivity contribution >= 4 is 34.2 Å². The minimum atomic E-state index is 0. The number of benzene rings is 1. The Morgan fingerprint density at radius 2 is 2.06 bits per heavy atom. The monoisotopic (exact) mass is 332 g/mol. The fourth-order valence-electron chi connectivity index (χ4n) is 2.18. The lowest BCUT2D eigenvalue weighted by Crippen LogP contribution is -2.32. The molecule has 2 rings (SSSR count). The molecule has 0 aromatic heterocycles. The lowest BCUT2D eigenvalue weighted by atomic mass is 10.0. The summed E-state index contributed by atoms with van der Waals surface area (Å²) in [7, 11) is 0. The fourth-order valence-corrected chi connectivity index (χ4v) is 2.44. The molecule has 1 fully saturated rings. The van der Waals surface area contributed by atoms with Gasteiger partial charge in [-0.2, -0.15) is 0 Å². The van der Waals surface area contributed by atoms with Gasteiger partial charge in [-0.1, -0.05) is 15.9 Å². The normalized spacial score (nSPS) is 20.4. The van der Waals surface area contributed by atoms with Gasteiger partial charge in [-0.15, -0.1) is 12.4 Å². The van der Waals surface area contributed by atoms with Crippen molar-refractivity contribution in [3.05, 3.63) is 34.3 Å². The third-order valence-electron chi connectivity index (χ3n) is 3.35. The second-order valence-electron chi connectivity index (χ2n) is 4.67. The summed E-state index contributed by atoms with van der Waals surface area (Å²) in [6.07, 6.45) is 1.01. The summed E-state index contributed by atoms with van der Waals surface area (Å²) in [5.41, 5.74) is 6.62. The molecule has 2 N–H and O–H groups in total. The van der Waals surface area contributed by atoms with Crippen LogP contribution in [-0.4, -0.2) is 29.9 Å². The summed E-state index contributed by atoms with van der Waals surface area (Å²) in [6.45, 7) is 3.62. The Morgan fingerprint density at radius 3 is 2.56 bits per heavy atom. The van der Waals surface area contributed by atoms with E-state index in [0.29, 0.717) is 5.92 Å². The van der Waals surface area contributed by atoms with E-state index >= 15 is 0 Å². The van der Waals surface area contributed by atoms with E-state index in [2.05, 4.69) is 15.9 Å². The maximum atomic E-state index is 12.2. The average Bonchev–Trinajstić information content (AvgIpc) is 2.78. The second-order valence-corrected chi connectivity index (χ2v) is 5.58. The minimum absolute atomic E-state index is 0. The van der Waals surface area contributed by atoms with Crippen LogP contribution >= 0.6 is 28.3 Å². The molecule has 5 heteroatoms. The molecular weight excluding hydrogens is 316 g/mol. The van der Waals surface area contributed by atoms with Crippen molar-refractivity contribution in [2.75, 3.05) is 13.1 Å². The van der Waals surface area contributed by atoms with Crippen molar-refractivity contribution in [2.45, 2.75) is 19.4 Å². The van der Waals surface area contributed by atoms with Crippen molar-refractivity contribution in [2.24, 2.45) is 11.7 Å². The van der Waals surface area contributed by atoms with Gasteiger partial charge in [0.1, 0.15) is 0 Å². The van der Waals surface area contributed by atoms with Crippen LogP contribution < -0.4 is 5.73 Å². The van der Waals surface area contributed by atoms with Crippen LogP contribution in [-0.2, 0) is 0 Å². The zero-order valence-corrected chi connectivity index (χ0v) is 12.7. The van der Waals surface area contributed by atoms with Crippen LogP contribution in [0.2, 0.25) is 0 Å². The van der Waals surface area contributed by atoms with Crippen molar-refractivity contribution in [1.29, 1.82) is 0 Å². The summed E-state index contributed by atoms with van der Waals surface area (Å²) >= 11 is 3.37. The van der Waals surface area contributed by atoms with Gasteiger partial charge in [0.25, 0.3) is 5.91 Å². The Balaban J connectivity index is 0.00000162. The maximum Gasteiger partial charge on any atom is 0.253 e. The number of hydrogen-bond acceptors (Lipinski definition) is 2. The number of amides is 1. The van der Waals surface area contributed by atoms with Gasteiger partial charge in [0.05, 0.1) is 0 Å². The lowest BCUT2D eigenvalue weighted by molar-refractivity contribution is 0.0786. The number of halogens is 2. The zero-order valence-electron chi connectivity index (χ0n) is 10.3. The highest BCUT2D eigenvalue weighted by Crippen LogP contribution is 2.21. The highest BCUT2D eigenvalue weighted by atomic mass is 79.9. The molecule has 0 aliphatic carbocycles. The van der Waals surface area contributed by atoms with Crippen LogP contribution in [0.5, 0.6) is 0 Å². The zero-order chi connectivity index (χ0) is 12.4. The van der Waals surface area contributed by atoms with Gasteiger partial charge in [0, 0.05) is 29.2 Å². The SMILES string of the molecule is CC(N)C1CCN(C(=O)c2ccc(Br)cc2)C1.Cl. The number of likely N-dealkylation sites (tertiary alicyclic amines) is 1. The molecule has 1 heterocycles. The van der Waals surface area contributed by atoms with Gasteiger partial charge >= 0.3 is 0 Å². The van der Waals surface area contributed by atoms with E-state index in [4.69, 9.17) is 5.73 Å². The van der Waals surface area contributed by atoms with Crippen LogP contribution in [0.3, 0.4) is 0 Å². The van der Waals surface area contributed by atoms with Crippen molar-refractivity contribution in [3.8, 4) is 0 Å². The predicted molar refractivity (Wildman–Crippen MR) is 79.0 cm³/mol. The van der Waals surface area contributed by atoms with E-state index in [-0.39, 0.29) is 24.4 Å². The fraction of sp³-hybridized carbons (Fsp3) is 0.462. The average molecular weight is 334 g/mol. The Kier molecular flexibility index (Phi) is 5.63. The Morgan fingerprint density at radius 1 is 1.44 bits per heavy atom. The van der Waals surface area contributed by atoms with Gasteiger partial charge < -0.3 is 10.6 Å². The summed E-state index contributed by atoms with van der Waals surface area (Å²) < 4.78 is 0.990. The largest absolute Gasteiger partial charge is 0.338 e. The first-order valence-corrected chi connectivity index (χ1v) is 6.67. The summed E-state index contributed by atoms with van der Waals surface area (Å²) in [4.78, 5) is 14.1. The Labute approximate surface area is 122 Å². The van der Waals surface area contributed by atoms with Crippen LogP contribution in [0.4, 0.5) is 0 Å². The van der Waals surface area contributed by atoms with E-state index in [0.717, 1.165) is 29.5 Å². The second kappa shape index (κ2) is 6.55. The maximum absolute atomic E-state index is 12.2. The third-order valence-corrected chi connectivity index (χ3v) is 3.88. The van der Waals surface area contributed by atoms with E-state index in [1.807, 2.05) is 36.1 Å². The number of rotatable bonds is 2. The molecule has 1 aliphatic heterocycles. The molecule has 0 bridgehead atoms. The van der Waals surface area contributed by atoms with Gasteiger partial charge in [0.15, 0.2) is 0 Å². The topological polar surface area (TPSA) is 46.3 Å². The number of hydrogen-bond donors (Lipinski definition) is 1.